The lowest BCUT2D eigenvalue weighted by molar-refractivity contribution is 0.184. The molecule has 1 aliphatic carbocycles. The quantitative estimate of drug-likeness (QED) is 0.854. The summed E-state index contributed by atoms with van der Waals surface area (Å²) in [6.45, 7) is 3.27. The number of ether oxygens (including phenoxy) is 1. The molecular formula is C14H19BrFNO3S. The maximum atomic E-state index is 13.5. The number of hydrogen-bond acceptors (Lipinski definition) is 3. The molecule has 1 aromatic carbocycles. The molecule has 7 heteroatoms. The van der Waals surface area contributed by atoms with Crippen LogP contribution >= 0.6 is 15.9 Å². The standard InChI is InChI=1S/C14H19BrFNO3S/c1-9(2)21(18,19)17-13-4-3-5-14(13)20-10-6-7-11(15)12(16)8-10/h6-9,13-14,17H,3-5H2,1-2H3. The molecule has 0 aliphatic heterocycles. The molecular weight excluding hydrogens is 361 g/mol. The molecule has 4 nitrogen and oxygen atoms in total. The Morgan fingerprint density at radius 2 is 2.10 bits per heavy atom. The van der Waals surface area contributed by atoms with Crippen molar-refractivity contribution in [1.82, 2.24) is 4.72 Å². The smallest absolute Gasteiger partial charge is 0.214 e. The van der Waals surface area contributed by atoms with Crippen LogP contribution in [0.25, 0.3) is 0 Å². The number of hydrogen-bond donors (Lipinski definition) is 1. The molecule has 1 saturated carbocycles. The van der Waals surface area contributed by atoms with Gasteiger partial charge in [0, 0.05) is 6.07 Å². The first-order valence-electron chi connectivity index (χ1n) is 6.92. The molecule has 0 spiro atoms. The summed E-state index contributed by atoms with van der Waals surface area (Å²) in [5.74, 6) is 0.0150. The molecule has 0 amide bonds. The van der Waals surface area contributed by atoms with Gasteiger partial charge in [-0.05, 0) is 61.2 Å². The van der Waals surface area contributed by atoms with Crippen molar-refractivity contribution in [2.24, 2.45) is 0 Å². The van der Waals surface area contributed by atoms with Crippen molar-refractivity contribution in [3.05, 3.63) is 28.5 Å². The third-order valence-corrected chi connectivity index (χ3v) is 6.08. The third kappa shape index (κ3) is 4.17. The Morgan fingerprint density at radius 1 is 1.38 bits per heavy atom. The molecule has 0 bridgehead atoms. The van der Waals surface area contributed by atoms with E-state index < -0.39 is 21.1 Å². The fourth-order valence-electron chi connectivity index (χ4n) is 2.27. The Labute approximate surface area is 133 Å². The maximum absolute atomic E-state index is 13.5. The minimum Gasteiger partial charge on any atom is -0.489 e. The Morgan fingerprint density at radius 3 is 2.71 bits per heavy atom. The van der Waals surface area contributed by atoms with Crippen LogP contribution in [0.3, 0.4) is 0 Å². The normalized spacial score (nSPS) is 22.7. The lowest BCUT2D eigenvalue weighted by atomic mass is 10.2. The summed E-state index contributed by atoms with van der Waals surface area (Å²) in [6, 6.07) is 4.28. The highest BCUT2D eigenvalue weighted by Crippen LogP contribution is 2.27. The number of rotatable bonds is 5. The van der Waals surface area contributed by atoms with Gasteiger partial charge in [0.25, 0.3) is 0 Å². The first-order chi connectivity index (χ1) is 9.79. The van der Waals surface area contributed by atoms with E-state index in [1.54, 1.807) is 26.0 Å². The third-order valence-electron chi connectivity index (χ3n) is 3.57. The van der Waals surface area contributed by atoms with Gasteiger partial charge in [-0.1, -0.05) is 0 Å². The van der Waals surface area contributed by atoms with E-state index in [9.17, 15) is 12.8 Å². The lowest BCUT2D eigenvalue weighted by Crippen LogP contribution is -2.44. The van der Waals surface area contributed by atoms with Crippen LogP contribution < -0.4 is 9.46 Å². The molecule has 1 N–H and O–H groups in total. The summed E-state index contributed by atoms with van der Waals surface area (Å²) >= 11 is 3.09. The number of sulfonamides is 1. The van der Waals surface area contributed by atoms with E-state index in [1.807, 2.05) is 0 Å². The van der Waals surface area contributed by atoms with Crippen LogP contribution in [0.1, 0.15) is 33.1 Å². The summed E-state index contributed by atoms with van der Waals surface area (Å²) in [5.41, 5.74) is 0. The summed E-state index contributed by atoms with van der Waals surface area (Å²) in [7, 11) is -3.33. The van der Waals surface area contributed by atoms with Crippen molar-refractivity contribution in [3.8, 4) is 5.75 Å². The van der Waals surface area contributed by atoms with E-state index in [-0.39, 0.29) is 12.1 Å². The minimum atomic E-state index is -3.33. The zero-order valence-corrected chi connectivity index (χ0v) is 14.4. The SMILES string of the molecule is CC(C)S(=O)(=O)NC1CCCC1Oc1ccc(Br)c(F)c1. The van der Waals surface area contributed by atoms with Crippen LogP contribution in [-0.4, -0.2) is 25.8 Å². The van der Waals surface area contributed by atoms with Crippen LogP contribution in [0, 0.1) is 5.82 Å². The molecule has 0 saturated heterocycles. The Hall–Kier alpha value is -0.660. The van der Waals surface area contributed by atoms with Gasteiger partial charge >= 0.3 is 0 Å². The predicted octanol–water partition coefficient (Wildman–Crippen LogP) is 3.22. The van der Waals surface area contributed by atoms with Gasteiger partial charge in [-0.25, -0.2) is 17.5 Å². The lowest BCUT2D eigenvalue weighted by Gasteiger charge is -2.23. The van der Waals surface area contributed by atoms with Crippen LogP contribution in [0.5, 0.6) is 5.75 Å². The van der Waals surface area contributed by atoms with Gasteiger partial charge in [-0.2, -0.15) is 0 Å². The second-order valence-electron chi connectivity index (χ2n) is 5.48. The highest BCUT2D eigenvalue weighted by atomic mass is 79.9. The Kier molecular flexibility index (Phi) is 5.27. The molecule has 1 fully saturated rings. The first kappa shape index (κ1) is 16.7. The summed E-state index contributed by atoms with van der Waals surface area (Å²) in [4.78, 5) is 0. The highest BCUT2D eigenvalue weighted by molar-refractivity contribution is 9.10. The Balaban J connectivity index is 2.07. The van der Waals surface area contributed by atoms with Gasteiger partial charge in [0.1, 0.15) is 17.7 Å². The predicted molar refractivity (Wildman–Crippen MR) is 83.3 cm³/mol. The monoisotopic (exact) mass is 379 g/mol. The van der Waals surface area contributed by atoms with Gasteiger partial charge in [-0.3, -0.25) is 0 Å². The van der Waals surface area contributed by atoms with E-state index in [1.165, 1.54) is 6.07 Å². The molecule has 1 aromatic rings. The fourth-order valence-corrected chi connectivity index (χ4v) is 3.48. The summed E-state index contributed by atoms with van der Waals surface area (Å²) in [6.07, 6.45) is 2.10. The average molecular weight is 380 g/mol. The minimum absolute atomic E-state index is 0.260. The van der Waals surface area contributed by atoms with Crippen molar-refractivity contribution in [2.45, 2.75) is 50.5 Å². The molecule has 2 rings (SSSR count). The highest BCUT2D eigenvalue weighted by Gasteiger charge is 2.33. The van der Waals surface area contributed by atoms with E-state index in [0.717, 1.165) is 19.3 Å². The van der Waals surface area contributed by atoms with E-state index in [4.69, 9.17) is 4.74 Å². The average Bonchev–Trinajstić information content (AvgIpc) is 2.80. The Bertz CT molecular complexity index is 606. The van der Waals surface area contributed by atoms with Crippen molar-refractivity contribution in [2.75, 3.05) is 0 Å². The van der Waals surface area contributed by atoms with Crippen LogP contribution in [0.15, 0.2) is 22.7 Å². The van der Waals surface area contributed by atoms with Gasteiger partial charge in [-0.15, -0.1) is 0 Å². The molecule has 2 atom stereocenters. The summed E-state index contributed by atoms with van der Waals surface area (Å²) < 4.78 is 46.2. The molecule has 118 valence electrons. The van der Waals surface area contributed by atoms with Crippen LogP contribution in [-0.2, 0) is 10.0 Å². The van der Waals surface area contributed by atoms with Crippen molar-refractivity contribution < 1.29 is 17.5 Å². The van der Waals surface area contributed by atoms with E-state index in [0.29, 0.717) is 10.2 Å². The van der Waals surface area contributed by atoms with Crippen molar-refractivity contribution >= 4 is 26.0 Å². The van der Waals surface area contributed by atoms with Gasteiger partial charge in [0.15, 0.2) is 0 Å². The van der Waals surface area contributed by atoms with E-state index in [2.05, 4.69) is 20.7 Å². The topological polar surface area (TPSA) is 55.4 Å². The van der Waals surface area contributed by atoms with Crippen molar-refractivity contribution in [1.29, 1.82) is 0 Å². The summed E-state index contributed by atoms with van der Waals surface area (Å²) in [5, 5.41) is -0.483. The maximum Gasteiger partial charge on any atom is 0.214 e. The molecule has 0 heterocycles. The van der Waals surface area contributed by atoms with Crippen LogP contribution in [0.2, 0.25) is 0 Å². The van der Waals surface area contributed by atoms with E-state index >= 15 is 0 Å². The largest absolute Gasteiger partial charge is 0.489 e. The molecule has 0 radical (unpaired) electrons. The first-order valence-corrected chi connectivity index (χ1v) is 9.26. The number of halogens is 2. The molecule has 1 aliphatic rings. The fraction of sp³-hybridized carbons (Fsp3) is 0.571. The second-order valence-corrected chi connectivity index (χ2v) is 8.60. The molecule has 2 unspecified atom stereocenters. The van der Waals surface area contributed by atoms with Crippen LogP contribution in [0.4, 0.5) is 4.39 Å². The number of nitrogens with one attached hydrogen (secondary N) is 1. The van der Waals surface area contributed by atoms with Crippen molar-refractivity contribution in [3.63, 3.8) is 0 Å². The molecule has 0 aromatic heterocycles. The molecule has 21 heavy (non-hydrogen) atoms. The van der Waals surface area contributed by atoms with Gasteiger partial charge in [0.2, 0.25) is 10.0 Å². The zero-order chi connectivity index (χ0) is 15.6. The van der Waals surface area contributed by atoms with Gasteiger partial charge < -0.3 is 4.74 Å². The zero-order valence-electron chi connectivity index (χ0n) is 12.0. The second kappa shape index (κ2) is 6.62. The van der Waals surface area contributed by atoms with Gasteiger partial charge in [0.05, 0.1) is 15.8 Å². The number of benzene rings is 1.